The van der Waals surface area contributed by atoms with Crippen molar-refractivity contribution in [2.45, 2.75) is 32.2 Å². The maximum atomic E-state index is 12.8. The van der Waals surface area contributed by atoms with Crippen LogP contribution in [0.2, 0.25) is 5.28 Å². The first kappa shape index (κ1) is 17.0. The Labute approximate surface area is 161 Å². The number of rotatable bonds is 5. The highest BCUT2D eigenvalue weighted by atomic mass is 35.5. The summed E-state index contributed by atoms with van der Waals surface area (Å²) in [5.41, 5.74) is 1.09. The Bertz CT molecular complexity index is 929. The summed E-state index contributed by atoms with van der Waals surface area (Å²) in [6, 6.07) is 3.45. The van der Waals surface area contributed by atoms with Crippen molar-refractivity contribution in [1.82, 2.24) is 14.6 Å². The van der Waals surface area contributed by atoms with Gasteiger partial charge in [-0.2, -0.15) is 4.98 Å². The van der Waals surface area contributed by atoms with Crippen LogP contribution < -0.4 is 5.32 Å². The van der Waals surface area contributed by atoms with Crippen LogP contribution in [0.25, 0.3) is 5.52 Å². The molecule has 142 valence electrons. The van der Waals surface area contributed by atoms with Crippen LogP contribution >= 0.6 is 11.6 Å². The third-order valence-electron chi connectivity index (χ3n) is 6.63. The van der Waals surface area contributed by atoms with Crippen LogP contribution in [0.4, 0.5) is 5.82 Å². The van der Waals surface area contributed by atoms with E-state index in [9.17, 15) is 9.59 Å². The first-order valence-corrected chi connectivity index (χ1v) is 9.93. The largest absolute Gasteiger partial charge is 0.466 e. The Morgan fingerprint density at radius 1 is 1.33 bits per heavy atom. The van der Waals surface area contributed by atoms with E-state index < -0.39 is 0 Å². The van der Waals surface area contributed by atoms with Crippen LogP contribution in [-0.4, -0.2) is 39.5 Å². The van der Waals surface area contributed by atoms with Crippen molar-refractivity contribution < 1.29 is 14.3 Å². The molecular formula is C19H21ClN4O3. The molecule has 0 aromatic carbocycles. The second-order valence-corrected chi connectivity index (χ2v) is 8.16. The third-order valence-corrected chi connectivity index (χ3v) is 6.79. The SMILES string of the molecule is CCOC(=O)[C@H]1[C@H](Nc2nc(Cl)nn3c(C=O)ccc23)[C@@H]2CC[C@H]1C1CC12. The van der Waals surface area contributed by atoms with Gasteiger partial charge in [0.15, 0.2) is 12.1 Å². The summed E-state index contributed by atoms with van der Waals surface area (Å²) in [5.74, 6) is 2.45. The maximum Gasteiger partial charge on any atom is 0.311 e. The Hall–Kier alpha value is -2.15. The molecule has 6 atom stereocenters. The van der Waals surface area contributed by atoms with Crippen LogP contribution in [0.1, 0.15) is 36.7 Å². The van der Waals surface area contributed by atoms with Crippen LogP contribution in [0, 0.1) is 29.6 Å². The van der Waals surface area contributed by atoms with Gasteiger partial charge in [-0.1, -0.05) is 0 Å². The van der Waals surface area contributed by atoms with Crippen LogP contribution in [0.5, 0.6) is 0 Å². The Morgan fingerprint density at radius 2 is 2.11 bits per heavy atom. The summed E-state index contributed by atoms with van der Waals surface area (Å²) in [6.07, 6.45) is 4.16. The second kappa shape index (κ2) is 6.19. The molecule has 4 fully saturated rings. The lowest BCUT2D eigenvalue weighted by Crippen LogP contribution is -2.53. The molecule has 0 spiro atoms. The number of carbonyl (C=O) groups is 2. The number of aromatic nitrogens is 3. The van der Waals surface area contributed by atoms with Gasteiger partial charge in [0.05, 0.1) is 12.5 Å². The first-order valence-electron chi connectivity index (χ1n) is 9.56. The summed E-state index contributed by atoms with van der Waals surface area (Å²) in [6.45, 7) is 2.23. The molecular weight excluding hydrogens is 368 g/mol. The van der Waals surface area contributed by atoms with Gasteiger partial charge in [0.1, 0.15) is 11.2 Å². The van der Waals surface area contributed by atoms with Gasteiger partial charge in [-0.25, -0.2) is 4.52 Å². The Kier molecular flexibility index (Phi) is 3.89. The quantitative estimate of drug-likeness (QED) is 0.626. The summed E-state index contributed by atoms with van der Waals surface area (Å²) in [7, 11) is 0. The number of fused-ring (bicyclic) bond motifs is 3. The predicted molar refractivity (Wildman–Crippen MR) is 98.7 cm³/mol. The Morgan fingerprint density at radius 3 is 2.89 bits per heavy atom. The zero-order chi connectivity index (χ0) is 18.7. The molecule has 6 rings (SSSR count). The highest BCUT2D eigenvalue weighted by molar-refractivity contribution is 6.28. The summed E-state index contributed by atoms with van der Waals surface area (Å²) >= 11 is 6.10. The molecule has 1 N–H and O–H groups in total. The highest BCUT2D eigenvalue weighted by Crippen LogP contribution is 2.64. The van der Waals surface area contributed by atoms with Gasteiger partial charge in [0.25, 0.3) is 0 Å². The van der Waals surface area contributed by atoms with Crippen molar-refractivity contribution in [3.63, 3.8) is 0 Å². The number of aldehydes is 1. The average Bonchev–Trinajstić information content (AvgIpc) is 3.38. The van der Waals surface area contributed by atoms with Gasteiger partial charge >= 0.3 is 5.97 Å². The zero-order valence-electron chi connectivity index (χ0n) is 15.0. The van der Waals surface area contributed by atoms with E-state index in [2.05, 4.69) is 15.4 Å². The molecule has 2 bridgehead atoms. The monoisotopic (exact) mass is 388 g/mol. The number of nitrogens with zero attached hydrogens (tertiary/aromatic N) is 3. The summed E-state index contributed by atoms with van der Waals surface area (Å²) < 4.78 is 6.90. The molecule has 0 aliphatic heterocycles. The smallest absolute Gasteiger partial charge is 0.311 e. The molecule has 2 aromatic heterocycles. The number of halogens is 1. The second-order valence-electron chi connectivity index (χ2n) is 7.82. The van der Waals surface area contributed by atoms with E-state index in [0.29, 0.717) is 47.3 Å². The number of hydrogen-bond acceptors (Lipinski definition) is 6. The molecule has 2 heterocycles. The predicted octanol–water partition coefficient (Wildman–Crippen LogP) is 2.83. The standard InChI is InChI=1S/C19H21ClN4O3/c1-2-27-18(26)15-10-4-5-11(13-7-12(10)13)16(15)21-17-14-6-3-9(8-25)24(14)23-19(20)22-17/h3,6,8,10-13,15-16H,2,4-5,7H2,1H3,(H,21,22,23)/t10-,11+,12?,13?,15+,16+/m0/s1. The minimum absolute atomic E-state index is 0.0316. The molecule has 0 amide bonds. The highest BCUT2D eigenvalue weighted by Gasteiger charge is 2.63. The van der Waals surface area contributed by atoms with Gasteiger partial charge < -0.3 is 10.1 Å². The van der Waals surface area contributed by atoms with Crippen molar-refractivity contribution in [2.24, 2.45) is 29.6 Å². The molecule has 4 saturated carbocycles. The molecule has 2 unspecified atom stereocenters. The summed E-state index contributed by atoms with van der Waals surface area (Å²) in [4.78, 5) is 28.4. The van der Waals surface area contributed by atoms with Gasteiger partial charge in [-0.3, -0.25) is 9.59 Å². The van der Waals surface area contributed by atoms with Crippen LogP contribution in [-0.2, 0) is 9.53 Å². The van der Waals surface area contributed by atoms with E-state index in [1.807, 2.05) is 6.92 Å². The van der Waals surface area contributed by atoms with E-state index in [1.165, 1.54) is 10.9 Å². The Balaban J connectivity index is 1.53. The van der Waals surface area contributed by atoms with Crippen molar-refractivity contribution in [2.75, 3.05) is 11.9 Å². The minimum Gasteiger partial charge on any atom is -0.466 e. The van der Waals surface area contributed by atoms with E-state index in [1.54, 1.807) is 12.1 Å². The van der Waals surface area contributed by atoms with E-state index in [4.69, 9.17) is 16.3 Å². The zero-order valence-corrected chi connectivity index (χ0v) is 15.7. The number of anilines is 1. The number of nitrogens with one attached hydrogen (secondary N) is 1. The number of carbonyl (C=O) groups excluding carboxylic acids is 2. The minimum atomic E-state index is -0.165. The molecule has 2 aromatic rings. The number of ether oxygens (including phenoxy) is 1. The van der Waals surface area contributed by atoms with Crippen molar-refractivity contribution in [3.05, 3.63) is 23.1 Å². The molecule has 27 heavy (non-hydrogen) atoms. The van der Waals surface area contributed by atoms with Gasteiger partial charge in [-0.15, -0.1) is 5.10 Å². The molecule has 7 nitrogen and oxygen atoms in total. The molecule has 0 radical (unpaired) electrons. The van der Waals surface area contributed by atoms with Crippen LogP contribution in [0.3, 0.4) is 0 Å². The maximum absolute atomic E-state index is 12.8. The number of hydrogen-bond donors (Lipinski definition) is 1. The van der Waals surface area contributed by atoms with Crippen molar-refractivity contribution in [3.8, 4) is 0 Å². The lowest BCUT2D eigenvalue weighted by molar-refractivity contribution is -0.155. The van der Waals surface area contributed by atoms with Gasteiger partial charge in [0, 0.05) is 6.04 Å². The third kappa shape index (κ3) is 2.55. The van der Waals surface area contributed by atoms with Gasteiger partial charge in [-0.05, 0) is 73.6 Å². The first-order chi connectivity index (χ1) is 13.1. The molecule has 8 heteroatoms. The molecule has 0 saturated heterocycles. The van der Waals surface area contributed by atoms with Gasteiger partial charge in [0.2, 0.25) is 5.28 Å². The topological polar surface area (TPSA) is 85.6 Å². The van der Waals surface area contributed by atoms with E-state index in [0.717, 1.165) is 19.1 Å². The lowest BCUT2D eigenvalue weighted by atomic mass is 9.61. The molecule has 4 aliphatic rings. The average molecular weight is 389 g/mol. The van der Waals surface area contributed by atoms with E-state index >= 15 is 0 Å². The summed E-state index contributed by atoms with van der Waals surface area (Å²) in [5, 5.41) is 7.69. The fraction of sp³-hybridized carbons (Fsp3) is 0.579. The lowest BCUT2D eigenvalue weighted by Gasteiger charge is -2.47. The van der Waals surface area contributed by atoms with Crippen molar-refractivity contribution >= 4 is 35.2 Å². The number of esters is 1. The normalized spacial score (nSPS) is 33.6. The van der Waals surface area contributed by atoms with Crippen molar-refractivity contribution in [1.29, 1.82) is 0 Å². The van der Waals surface area contributed by atoms with Crippen LogP contribution in [0.15, 0.2) is 12.1 Å². The molecule has 4 aliphatic carbocycles. The van der Waals surface area contributed by atoms with E-state index in [-0.39, 0.29) is 23.2 Å². The fourth-order valence-electron chi connectivity index (χ4n) is 5.56. The fourth-order valence-corrected chi connectivity index (χ4v) is 5.72.